The molecule has 0 spiro atoms. The second-order valence-electron chi connectivity index (χ2n) is 9.29. The molecule has 2 aliphatic rings. The maximum atomic E-state index is 12.6. The fourth-order valence-electron chi connectivity index (χ4n) is 4.91. The number of guanidine groups is 1. The third-order valence-corrected chi connectivity index (χ3v) is 6.86. The van der Waals surface area contributed by atoms with Gasteiger partial charge in [-0.3, -0.25) is 14.7 Å². The van der Waals surface area contributed by atoms with Crippen molar-refractivity contribution in [3.05, 3.63) is 71.3 Å². The molecule has 2 aromatic carbocycles. The van der Waals surface area contributed by atoms with E-state index >= 15 is 0 Å². The molecule has 1 saturated heterocycles. The van der Waals surface area contributed by atoms with Gasteiger partial charge < -0.3 is 15.5 Å². The normalized spacial score (nSPS) is 21.0. The third kappa shape index (κ3) is 6.35. The molecule has 2 unspecified atom stereocenters. The number of hydrogen-bond donors (Lipinski definition) is 2. The Balaban J connectivity index is 1.14. The van der Waals surface area contributed by atoms with Gasteiger partial charge in [0.05, 0.1) is 0 Å². The van der Waals surface area contributed by atoms with E-state index in [4.69, 9.17) is 0 Å². The Hall–Kier alpha value is -2.86. The summed E-state index contributed by atoms with van der Waals surface area (Å²) >= 11 is 0. The second kappa shape index (κ2) is 11.3. The molecule has 2 aromatic rings. The minimum absolute atomic E-state index is 0.232. The molecule has 33 heavy (non-hydrogen) atoms. The number of aliphatic imine (C=N–C) groups is 1. The molecule has 0 radical (unpaired) electrons. The number of fused-ring (bicyclic) bond motifs is 1. The van der Waals surface area contributed by atoms with Gasteiger partial charge in [0.15, 0.2) is 5.96 Å². The van der Waals surface area contributed by atoms with E-state index in [0.29, 0.717) is 18.5 Å². The first-order chi connectivity index (χ1) is 16.1. The lowest BCUT2D eigenvalue weighted by atomic mass is 9.97. The van der Waals surface area contributed by atoms with E-state index < -0.39 is 0 Å². The van der Waals surface area contributed by atoms with Crippen molar-refractivity contribution in [2.75, 3.05) is 20.1 Å². The highest BCUT2D eigenvalue weighted by molar-refractivity contribution is 5.80. The van der Waals surface area contributed by atoms with Crippen molar-refractivity contribution < 1.29 is 4.79 Å². The van der Waals surface area contributed by atoms with E-state index in [-0.39, 0.29) is 5.91 Å². The highest BCUT2D eigenvalue weighted by atomic mass is 16.2. The van der Waals surface area contributed by atoms with Crippen molar-refractivity contribution in [2.24, 2.45) is 4.99 Å². The van der Waals surface area contributed by atoms with E-state index in [0.717, 1.165) is 57.9 Å². The van der Waals surface area contributed by atoms with Gasteiger partial charge in [0.25, 0.3) is 0 Å². The molecule has 2 N–H and O–H groups in total. The molecule has 0 aliphatic carbocycles. The topological polar surface area (TPSA) is 60.0 Å². The predicted molar refractivity (Wildman–Crippen MR) is 134 cm³/mol. The molecule has 2 heterocycles. The van der Waals surface area contributed by atoms with Gasteiger partial charge in [-0.05, 0) is 42.9 Å². The summed E-state index contributed by atoms with van der Waals surface area (Å²) in [6.07, 6.45) is 3.57. The highest BCUT2D eigenvalue weighted by Crippen LogP contribution is 2.23. The number of rotatable bonds is 7. The van der Waals surface area contributed by atoms with Gasteiger partial charge in [-0.2, -0.15) is 0 Å². The third-order valence-electron chi connectivity index (χ3n) is 6.86. The maximum absolute atomic E-state index is 12.6. The van der Waals surface area contributed by atoms with Crippen LogP contribution in [0.15, 0.2) is 59.6 Å². The molecule has 1 amide bonds. The Morgan fingerprint density at radius 1 is 1.06 bits per heavy atom. The first kappa shape index (κ1) is 23.3. The van der Waals surface area contributed by atoms with Crippen LogP contribution in [0.25, 0.3) is 0 Å². The van der Waals surface area contributed by atoms with Crippen LogP contribution in [0.2, 0.25) is 0 Å². The number of hydrogen-bond acceptors (Lipinski definition) is 3. The van der Waals surface area contributed by atoms with Gasteiger partial charge in [-0.25, -0.2) is 0 Å². The number of nitrogens with zero attached hydrogens (tertiary/aromatic N) is 3. The molecule has 0 aromatic heterocycles. The summed E-state index contributed by atoms with van der Waals surface area (Å²) in [5, 5.41) is 6.99. The SMILES string of the molecule is CN=C(NCCCC(=O)N1Cc2ccccc2C1)NC1CCN(Cc2ccccc2)C(C)C1. The summed E-state index contributed by atoms with van der Waals surface area (Å²) in [4.78, 5) is 21.5. The Morgan fingerprint density at radius 2 is 1.76 bits per heavy atom. The van der Waals surface area contributed by atoms with Crippen molar-refractivity contribution in [3.63, 3.8) is 0 Å². The monoisotopic (exact) mass is 447 g/mol. The van der Waals surface area contributed by atoms with E-state index in [1.54, 1.807) is 0 Å². The van der Waals surface area contributed by atoms with Crippen LogP contribution in [0.1, 0.15) is 49.3 Å². The highest BCUT2D eigenvalue weighted by Gasteiger charge is 2.26. The summed E-state index contributed by atoms with van der Waals surface area (Å²) in [7, 11) is 1.82. The largest absolute Gasteiger partial charge is 0.356 e. The molecule has 4 rings (SSSR count). The van der Waals surface area contributed by atoms with Gasteiger partial charge >= 0.3 is 0 Å². The lowest BCUT2D eigenvalue weighted by Gasteiger charge is -2.38. The fraction of sp³-hybridized carbons (Fsp3) is 0.481. The summed E-state index contributed by atoms with van der Waals surface area (Å²) in [5.74, 6) is 1.07. The number of benzene rings is 2. The fourth-order valence-corrected chi connectivity index (χ4v) is 4.91. The lowest BCUT2D eigenvalue weighted by molar-refractivity contribution is -0.131. The zero-order valence-corrected chi connectivity index (χ0v) is 20.0. The first-order valence-electron chi connectivity index (χ1n) is 12.2. The summed E-state index contributed by atoms with van der Waals surface area (Å²) < 4.78 is 0. The van der Waals surface area contributed by atoms with Gasteiger partial charge in [0.2, 0.25) is 5.91 Å². The molecule has 176 valence electrons. The van der Waals surface area contributed by atoms with Crippen LogP contribution in [0.5, 0.6) is 0 Å². The van der Waals surface area contributed by atoms with Crippen LogP contribution in [-0.2, 0) is 24.4 Å². The number of carbonyl (C=O) groups is 1. The van der Waals surface area contributed by atoms with E-state index in [2.05, 4.69) is 69.9 Å². The van der Waals surface area contributed by atoms with Crippen LogP contribution < -0.4 is 10.6 Å². The molecule has 6 heteroatoms. The van der Waals surface area contributed by atoms with Crippen LogP contribution in [0.4, 0.5) is 0 Å². The van der Waals surface area contributed by atoms with Gasteiger partial charge in [0.1, 0.15) is 0 Å². The maximum Gasteiger partial charge on any atom is 0.223 e. The standard InChI is InChI=1S/C27H37N5O/c1-21-17-25(14-16-31(21)18-22-9-4-3-5-10-22)30-27(28-2)29-15-8-13-26(33)32-19-23-11-6-7-12-24(23)20-32/h3-7,9-12,21,25H,8,13-20H2,1-2H3,(H2,28,29,30). The van der Waals surface area contributed by atoms with Crippen LogP contribution in [-0.4, -0.2) is 53.9 Å². The average molecular weight is 448 g/mol. The van der Waals surface area contributed by atoms with Crippen molar-refractivity contribution >= 4 is 11.9 Å². The van der Waals surface area contributed by atoms with Crippen molar-refractivity contribution in [2.45, 2.75) is 64.3 Å². The molecule has 2 aliphatic heterocycles. The first-order valence-corrected chi connectivity index (χ1v) is 12.2. The Bertz CT molecular complexity index is 920. The molecular formula is C27H37N5O. The van der Waals surface area contributed by atoms with E-state index in [1.807, 2.05) is 24.1 Å². The van der Waals surface area contributed by atoms with E-state index in [1.165, 1.54) is 16.7 Å². The smallest absolute Gasteiger partial charge is 0.223 e. The van der Waals surface area contributed by atoms with Crippen molar-refractivity contribution in [3.8, 4) is 0 Å². The summed E-state index contributed by atoms with van der Waals surface area (Å²) in [6, 6.07) is 20.0. The van der Waals surface area contributed by atoms with Crippen molar-refractivity contribution in [1.82, 2.24) is 20.4 Å². The number of likely N-dealkylation sites (tertiary alicyclic amines) is 1. The van der Waals surface area contributed by atoms with Crippen LogP contribution in [0.3, 0.4) is 0 Å². The van der Waals surface area contributed by atoms with Crippen molar-refractivity contribution in [1.29, 1.82) is 0 Å². The van der Waals surface area contributed by atoms with Gasteiger partial charge in [0, 0.05) is 58.3 Å². The second-order valence-corrected chi connectivity index (χ2v) is 9.29. The average Bonchev–Trinajstić information content (AvgIpc) is 3.28. The summed E-state index contributed by atoms with van der Waals surface area (Å²) in [5.41, 5.74) is 3.93. The van der Waals surface area contributed by atoms with Crippen LogP contribution >= 0.6 is 0 Å². The molecule has 0 bridgehead atoms. The van der Waals surface area contributed by atoms with Gasteiger partial charge in [-0.1, -0.05) is 54.6 Å². The number of carbonyl (C=O) groups excluding carboxylic acids is 1. The molecule has 0 saturated carbocycles. The predicted octanol–water partition coefficient (Wildman–Crippen LogP) is 3.53. The minimum Gasteiger partial charge on any atom is -0.356 e. The zero-order chi connectivity index (χ0) is 23.0. The van der Waals surface area contributed by atoms with E-state index in [9.17, 15) is 4.79 Å². The Kier molecular flexibility index (Phi) is 8.00. The van der Waals surface area contributed by atoms with Gasteiger partial charge in [-0.15, -0.1) is 0 Å². The quantitative estimate of drug-likeness (QED) is 0.387. The zero-order valence-electron chi connectivity index (χ0n) is 20.0. The Labute approximate surface area is 198 Å². The molecule has 6 nitrogen and oxygen atoms in total. The number of amides is 1. The molecular weight excluding hydrogens is 410 g/mol. The summed E-state index contributed by atoms with van der Waals surface area (Å²) in [6.45, 7) is 6.64. The van der Waals surface area contributed by atoms with Crippen LogP contribution in [0, 0.1) is 0 Å². The molecule has 1 fully saturated rings. The number of nitrogens with one attached hydrogen (secondary N) is 2. The Morgan fingerprint density at radius 3 is 2.42 bits per heavy atom. The molecule has 2 atom stereocenters. The lowest BCUT2D eigenvalue weighted by Crippen LogP contribution is -2.51. The minimum atomic E-state index is 0.232. The number of piperidine rings is 1.